The van der Waals surface area contributed by atoms with E-state index in [0.29, 0.717) is 0 Å². The second-order valence-electron chi connectivity index (χ2n) is 5.81. The highest BCUT2D eigenvalue weighted by Crippen LogP contribution is 2.24. The van der Waals surface area contributed by atoms with Gasteiger partial charge < -0.3 is 38.9 Å². The van der Waals surface area contributed by atoms with Gasteiger partial charge in [0, 0.05) is 49.6 Å². The molecular weight excluding hydrogens is 444 g/mol. The first-order valence-corrected chi connectivity index (χ1v) is 8.86. The summed E-state index contributed by atoms with van der Waals surface area (Å²) in [6.45, 7) is 0. The number of carbonyl (C=O) groups is 4. The first-order chi connectivity index (χ1) is 16.0. The number of carbonyl (C=O) groups excluding carboxylic acids is 4. The van der Waals surface area contributed by atoms with Gasteiger partial charge in [-0.2, -0.15) is 0 Å². The lowest BCUT2D eigenvalue weighted by Gasteiger charge is -2.27. The van der Waals surface area contributed by atoms with Crippen LogP contribution in [0.15, 0.2) is 49.6 Å². The molecule has 0 atom stereocenters. The van der Waals surface area contributed by atoms with Gasteiger partial charge in [-0.25, -0.2) is 39.1 Å². The fraction of sp³-hybridized carbons (Fsp3) is 0.0588. The molecule has 0 aliphatic rings. The minimum Gasteiger partial charge on any atom is -0.346 e. The number of hydrogen-bond donors (Lipinski definition) is 4. The third kappa shape index (κ3) is 4.74. The van der Waals surface area contributed by atoms with Crippen LogP contribution < -0.4 is 0 Å². The van der Waals surface area contributed by atoms with Crippen LogP contribution in [0.1, 0.15) is 42.5 Å². The van der Waals surface area contributed by atoms with E-state index < -0.39 is 53.3 Å². The Bertz CT molecular complexity index is 1030. The normalized spacial score (nSPS) is 10.9. The maximum absolute atomic E-state index is 12.6. The number of nitrogens with zero attached hydrogens (tertiary/aromatic N) is 4. The van der Waals surface area contributed by atoms with E-state index in [1.165, 1.54) is 49.6 Å². The molecule has 4 aromatic heterocycles. The van der Waals surface area contributed by atoms with Crippen molar-refractivity contribution in [2.45, 2.75) is 6.16 Å². The second kappa shape index (κ2) is 8.84. The molecule has 0 fully saturated rings. The Labute approximate surface area is 181 Å². The maximum Gasteiger partial charge on any atom is 0.621 e. The Balaban J connectivity index is 1.71. The first-order valence-electron chi connectivity index (χ1n) is 8.86. The van der Waals surface area contributed by atoms with Crippen LogP contribution in [0.3, 0.4) is 0 Å². The molecule has 33 heavy (non-hydrogen) atoms. The van der Waals surface area contributed by atoms with Gasteiger partial charge >= 0.3 is 30.0 Å². The molecule has 0 saturated heterocycles. The van der Waals surface area contributed by atoms with Crippen LogP contribution in [0.5, 0.6) is 0 Å². The summed E-state index contributed by atoms with van der Waals surface area (Å²) < 4.78 is 20.0. The zero-order chi connectivity index (χ0) is 23.3. The topological polar surface area (TPSA) is 220 Å². The maximum atomic E-state index is 12.6. The standard InChI is InChI=1S/C17H12N8O8/c26-13(9-18-1-2-19-9)30-17(31-14(27)10-20-3-4-21-10,32-15(28)11-22-5-6-23-11)33-16(29)12-24-7-8-25-12/h1-8H,(H,18,19)(H,20,21)(H,22,23)(H,24,25). The quantitative estimate of drug-likeness (QED) is 0.202. The van der Waals surface area contributed by atoms with Crippen molar-refractivity contribution in [1.82, 2.24) is 39.9 Å². The Morgan fingerprint density at radius 2 is 0.758 bits per heavy atom. The highest BCUT2D eigenvalue weighted by atomic mass is 17.0. The average molecular weight is 456 g/mol. The van der Waals surface area contributed by atoms with Crippen LogP contribution in [-0.2, 0) is 18.9 Å². The van der Waals surface area contributed by atoms with Gasteiger partial charge in [-0.1, -0.05) is 0 Å². The Hall–Kier alpha value is -5.28. The summed E-state index contributed by atoms with van der Waals surface area (Å²) in [5.74, 6) is -6.82. The van der Waals surface area contributed by atoms with Crippen molar-refractivity contribution in [3.63, 3.8) is 0 Å². The highest BCUT2D eigenvalue weighted by molar-refractivity contribution is 5.90. The molecule has 4 aromatic rings. The van der Waals surface area contributed by atoms with E-state index in [2.05, 4.69) is 39.9 Å². The summed E-state index contributed by atoms with van der Waals surface area (Å²) in [5.41, 5.74) is 0. The van der Waals surface area contributed by atoms with Crippen molar-refractivity contribution in [2.75, 3.05) is 0 Å². The molecule has 4 rings (SSSR count). The van der Waals surface area contributed by atoms with Crippen LogP contribution in [0.2, 0.25) is 0 Å². The zero-order valence-corrected chi connectivity index (χ0v) is 16.2. The number of imidazole rings is 4. The number of aromatic nitrogens is 8. The van der Waals surface area contributed by atoms with E-state index in [9.17, 15) is 19.2 Å². The van der Waals surface area contributed by atoms with Gasteiger partial charge in [-0.05, 0) is 0 Å². The van der Waals surface area contributed by atoms with E-state index in [-0.39, 0.29) is 0 Å². The van der Waals surface area contributed by atoms with Crippen LogP contribution >= 0.6 is 0 Å². The Morgan fingerprint density at radius 3 is 0.939 bits per heavy atom. The van der Waals surface area contributed by atoms with Crippen molar-refractivity contribution in [1.29, 1.82) is 0 Å². The van der Waals surface area contributed by atoms with E-state index in [1.807, 2.05) is 0 Å². The zero-order valence-electron chi connectivity index (χ0n) is 16.2. The molecule has 4 N–H and O–H groups in total. The molecule has 16 heteroatoms. The SMILES string of the molecule is O=C(OC(OC(=O)c1ncc[nH]1)(OC(=O)c1ncc[nH]1)OC(=O)c1ncc[nH]1)c1ncc[nH]1. The lowest BCUT2D eigenvalue weighted by molar-refractivity contribution is -0.414. The number of H-pyrrole nitrogens is 4. The monoisotopic (exact) mass is 456 g/mol. The molecule has 0 aromatic carbocycles. The fourth-order valence-electron chi connectivity index (χ4n) is 2.28. The predicted octanol–water partition coefficient (Wildman–Crippen LogP) is -0.0819. The van der Waals surface area contributed by atoms with E-state index in [1.54, 1.807) is 0 Å². The van der Waals surface area contributed by atoms with Gasteiger partial charge in [0.05, 0.1) is 0 Å². The summed E-state index contributed by atoms with van der Waals surface area (Å²) in [4.78, 5) is 74.7. The molecule has 0 spiro atoms. The first kappa shape index (κ1) is 21.0. The van der Waals surface area contributed by atoms with Crippen LogP contribution in [0.25, 0.3) is 0 Å². The van der Waals surface area contributed by atoms with Crippen molar-refractivity contribution < 1.29 is 38.1 Å². The molecule has 0 amide bonds. The number of rotatable bonds is 8. The van der Waals surface area contributed by atoms with Gasteiger partial charge in [0.25, 0.3) is 0 Å². The van der Waals surface area contributed by atoms with Crippen molar-refractivity contribution in [3.05, 3.63) is 72.9 Å². The number of nitrogens with one attached hydrogen (secondary N) is 4. The fourth-order valence-corrected chi connectivity index (χ4v) is 2.28. The van der Waals surface area contributed by atoms with E-state index in [4.69, 9.17) is 18.9 Å². The molecule has 0 aliphatic carbocycles. The molecule has 0 bridgehead atoms. The van der Waals surface area contributed by atoms with Gasteiger partial charge in [-0.15, -0.1) is 0 Å². The molecule has 0 aliphatic heterocycles. The summed E-state index contributed by atoms with van der Waals surface area (Å²) in [6, 6.07) is 0. The summed E-state index contributed by atoms with van der Waals surface area (Å²) in [5, 5.41) is 0. The van der Waals surface area contributed by atoms with Gasteiger partial charge in [0.2, 0.25) is 23.3 Å². The minimum atomic E-state index is -3.37. The molecule has 4 heterocycles. The lowest BCUT2D eigenvalue weighted by atomic mass is 10.6. The van der Waals surface area contributed by atoms with Crippen LogP contribution in [0.4, 0.5) is 0 Å². The minimum absolute atomic E-state index is 0.392. The third-order valence-electron chi connectivity index (χ3n) is 3.64. The second-order valence-corrected chi connectivity index (χ2v) is 5.81. The molecule has 16 nitrogen and oxygen atoms in total. The summed E-state index contributed by atoms with van der Waals surface area (Å²) in [7, 11) is 0. The van der Waals surface area contributed by atoms with E-state index >= 15 is 0 Å². The lowest BCUT2D eigenvalue weighted by Crippen LogP contribution is -2.49. The third-order valence-corrected chi connectivity index (χ3v) is 3.64. The number of hydrogen-bond acceptors (Lipinski definition) is 12. The van der Waals surface area contributed by atoms with Gasteiger partial charge in [0.1, 0.15) is 0 Å². The smallest absolute Gasteiger partial charge is 0.346 e. The Kier molecular flexibility index (Phi) is 5.62. The van der Waals surface area contributed by atoms with Gasteiger partial charge in [0.15, 0.2) is 0 Å². The largest absolute Gasteiger partial charge is 0.621 e. The molecule has 0 unspecified atom stereocenters. The van der Waals surface area contributed by atoms with Crippen LogP contribution in [0, 0.1) is 0 Å². The Morgan fingerprint density at radius 1 is 0.515 bits per heavy atom. The van der Waals surface area contributed by atoms with Gasteiger partial charge in [-0.3, -0.25) is 0 Å². The summed E-state index contributed by atoms with van der Waals surface area (Å²) >= 11 is 0. The van der Waals surface area contributed by atoms with Crippen molar-refractivity contribution in [2.24, 2.45) is 0 Å². The van der Waals surface area contributed by atoms with Crippen molar-refractivity contribution >= 4 is 23.9 Å². The van der Waals surface area contributed by atoms with Crippen LogP contribution in [-0.4, -0.2) is 69.9 Å². The van der Waals surface area contributed by atoms with E-state index in [0.717, 1.165) is 0 Å². The van der Waals surface area contributed by atoms with Crippen molar-refractivity contribution in [3.8, 4) is 0 Å². The molecule has 168 valence electrons. The summed E-state index contributed by atoms with van der Waals surface area (Å²) in [6.07, 6.45) is 6.66. The molecular formula is C17H12N8O8. The number of esters is 4. The number of ether oxygens (including phenoxy) is 4. The average Bonchev–Trinajstić information content (AvgIpc) is 3.61. The molecule has 0 radical (unpaired) electrons. The molecule has 0 saturated carbocycles. The number of aromatic amines is 4. The highest BCUT2D eigenvalue weighted by Gasteiger charge is 2.52. The predicted molar refractivity (Wildman–Crippen MR) is 98.7 cm³/mol.